The van der Waals surface area contributed by atoms with Crippen LogP contribution in [0.2, 0.25) is 0 Å². The van der Waals surface area contributed by atoms with E-state index in [4.69, 9.17) is 0 Å². The Kier molecular flexibility index (Phi) is 2.67. The number of ether oxygens (including phenoxy) is 1. The van der Waals surface area contributed by atoms with Crippen molar-refractivity contribution in [2.45, 2.75) is 6.61 Å². The first-order valence-electron chi connectivity index (χ1n) is 4.27. The molecule has 2 rings (SSSR count). The lowest BCUT2D eigenvalue weighted by molar-refractivity contribution is -0.0494. The van der Waals surface area contributed by atoms with Crippen LogP contribution in [0.25, 0.3) is 11.4 Å². The van der Waals surface area contributed by atoms with Gasteiger partial charge in [-0.3, -0.25) is 9.51 Å². The monoisotopic (exact) mass is 228 g/mol. The number of nitrogens with zero attached hydrogens (tertiary/aromatic N) is 1. The molecule has 0 atom stereocenters. The predicted octanol–water partition coefficient (Wildman–Crippen LogP) is 1.63. The van der Waals surface area contributed by atoms with Gasteiger partial charge in [-0.1, -0.05) is 17.3 Å². The number of aromatic nitrogens is 2. The lowest BCUT2D eigenvalue weighted by atomic mass is 10.2. The molecular formula is C9H6F2N2O3. The average Bonchev–Trinajstić information content (AvgIpc) is 2.65. The van der Waals surface area contributed by atoms with Crippen molar-refractivity contribution in [3.8, 4) is 17.1 Å². The van der Waals surface area contributed by atoms with Gasteiger partial charge < -0.3 is 4.74 Å². The molecule has 1 aromatic heterocycles. The van der Waals surface area contributed by atoms with E-state index in [9.17, 15) is 13.6 Å². The van der Waals surface area contributed by atoms with E-state index in [1.54, 1.807) is 6.07 Å². The summed E-state index contributed by atoms with van der Waals surface area (Å²) in [4.78, 5) is 13.0. The summed E-state index contributed by atoms with van der Waals surface area (Å²) in [5, 5.41) is 3.39. The quantitative estimate of drug-likeness (QED) is 0.866. The number of halogens is 2. The minimum Gasteiger partial charge on any atom is -0.434 e. The number of aromatic amines is 1. The van der Waals surface area contributed by atoms with Crippen LogP contribution < -0.4 is 10.5 Å². The van der Waals surface area contributed by atoms with Crippen LogP contribution >= 0.6 is 0 Å². The Bertz CT molecular complexity index is 535. The molecule has 0 radical (unpaired) electrons. The number of H-pyrrole nitrogens is 1. The third kappa shape index (κ3) is 2.08. The number of nitrogens with one attached hydrogen (secondary N) is 1. The fraction of sp³-hybridized carbons (Fsp3) is 0.111. The second-order valence-corrected chi connectivity index (χ2v) is 2.82. The summed E-state index contributed by atoms with van der Waals surface area (Å²) >= 11 is 0. The Morgan fingerprint density at radius 3 is 2.75 bits per heavy atom. The molecule has 0 spiro atoms. The zero-order chi connectivity index (χ0) is 11.5. The van der Waals surface area contributed by atoms with Crippen molar-refractivity contribution in [3.05, 3.63) is 34.8 Å². The van der Waals surface area contributed by atoms with Gasteiger partial charge in [0.1, 0.15) is 5.75 Å². The maximum atomic E-state index is 12.1. The number of benzene rings is 1. The molecule has 5 nitrogen and oxygen atoms in total. The Morgan fingerprint density at radius 2 is 2.12 bits per heavy atom. The maximum absolute atomic E-state index is 12.1. The van der Waals surface area contributed by atoms with Crippen LogP contribution in [0.15, 0.2) is 33.6 Å². The summed E-state index contributed by atoms with van der Waals surface area (Å²) in [6.07, 6.45) is 0. The number of hydrogen-bond donors (Lipinski definition) is 1. The van der Waals surface area contributed by atoms with Crippen molar-refractivity contribution in [2.75, 3.05) is 0 Å². The lowest BCUT2D eigenvalue weighted by Crippen LogP contribution is -2.03. The highest BCUT2D eigenvalue weighted by atomic mass is 19.3. The molecule has 0 saturated heterocycles. The zero-order valence-corrected chi connectivity index (χ0v) is 7.81. The zero-order valence-electron chi connectivity index (χ0n) is 7.81. The maximum Gasteiger partial charge on any atom is 0.439 e. The molecule has 0 aliphatic heterocycles. The molecule has 0 bridgehead atoms. The van der Waals surface area contributed by atoms with E-state index >= 15 is 0 Å². The van der Waals surface area contributed by atoms with Crippen molar-refractivity contribution in [3.63, 3.8) is 0 Å². The molecule has 7 heteroatoms. The molecule has 1 heterocycles. The van der Waals surface area contributed by atoms with Gasteiger partial charge in [-0.05, 0) is 12.1 Å². The number of rotatable bonds is 3. The fourth-order valence-electron chi connectivity index (χ4n) is 1.21. The van der Waals surface area contributed by atoms with Crippen LogP contribution in [0.4, 0.5) is 8.78 Å². The molecule has 0 fully saturated rings. The Balaban J connectivity index is 2.44. The summed E-state index contributed by atoms with van der Waals surface area (Å²) in [6, 6.07) is 5.94. The standard InChI is InChI=1S/C9H6F2N2O3/c10-8(11)15-6-4-2-1-3-5(6)7-12-9(14)16-13-7/h1-4,8H,(H,12,13,14). The fourth-order valence-corrected chi connectivity index (χ4v) is 1.21. The molecule has 0 aliphatic rings. The molecular weight excluding hydrogens is 222 g/mol. The number of alkyl halides is 2. The van der Waals surface area contributed by atoms with Crippen LogP contribution in [0.3, 0.4) is 0 Å². The summed E-state index contributed by atoms with van der Waals surface area (Å²) in [5.74, 6) is -0.801. The Labute approximate surface area is 87.6 Å². The van der Waals surface area contributed by atoms with Gasteiger partial charge in [0.25, 0.3) is 0 Å². The summed E-state index contributed by atoms with van der Waals surface area (Å²) < 4.78 is 32.7. The van der Waals surface area contributed by atoms with Crippen molar-refractivity contribution < 1.29 is 18.0 Å². The molecule has 84 valence electrons. The van der Waals surface area contributed by atoms with Crippen molar-refractivity contribution in [1.29, 1.82) is 0 Å². The number of para-hydroxylation sites is 1. The summed E-state index contributed by atoms with van der Waals surface area (Å²) in [5.41, 5.74) is 0.230. The molecule has 0 amide bonds. The lowest BCUT2D eigenvalue weighted by Gasteiger charge is -2.07. The first kappa shape index (κ1) is 10.3. The molecule has 0 unspecified atom stereocenters. The molecule has 1 aromatic carbocycles. The second kappa shape index (κ2) is 4.13. The minimum absolute atomic E-state index is 0.0428. The van der Waals surface area contributed by atoms with Crippen LogP contribution in [0, 0.1) is 0 Å². The van der Waals surface area contributed by atoms with Gasteiger partial charge in [-0.25, -0.2) is 4.79 Å². The van der Waals surface area contributed by atoms with Gasteiger partial charge in [0, 0.05) is 0 Å². The minimum atomic E-state index is -2.94. The predicted molar refractivity (Wildman–Crippen MR) is 49.2 cm³/mol. The normalized spacial score (nSPS) is 10.7. The van der Waals surface area contributed by atoms with Crippen LogP contribution in [-0.2, 0) is 0 Å². The first-order valence-corrected chi connectivity index (χ1v) is 4.27. The van der Waals surface area contributed by atoms with E-state index in [1.807, 2.05) is 0 Å². The average molecular weight is 228 g/mol. The molecule has 1 N–H and O–H groups in total. The second-order valence-electron chi connectivity index (χ2n) is 2.82. The molecule has 0 aliphatic carbocycles. The topological polar surface area (TPSA) is 68.1 Å². The van der Waals surface area contributed by atoms with Crippen LogP contribution in [0.5, 0.6) is 5.75 Å². The van der Waals surface area contributed by atoms with Crippen LogP contribution in [0.1, 0.15) is 0 Å². The molecule has 2 aromatic rings. The Morgan fingerprint density at radius 1 is 1.38 bits per heavy atom. The summed E-state index contributed by atoms with van der Waals surface area (Å²) in [7, 11) is 0. The van der Waals surface area contributed by atoms with Crippen molar-refractivity contribution in [2.24, 2.45) is 0 Å². The number of hydrogen-bond acceptors (Lipinski definition) is 4. The third-order valence-corrected chi connectivity index (χ3v) is 1.80. The van der Waals surface area contributed by atoms with Gasteiger partial charge in [0.15, 0.2) is 5.82 Å². The molecule has 16 heavy (non-hydrogen) atoms. The highest BCUT2D eigenvalue weighted by molar-refractivity contribution is 5.63. The van der Waals surface area contributed by atoms with Crippen LogP contribution in [-0.4, -0.2) is 16.8 Å². The molecule has 0 saturated carbocycles. The highest BCUT2D eigenvalue weighted by Crippen LogP contribution is 2.27. The van der Waals surface area contributed by atoms with E-state index in [-0.39, 0.29) is 17.1 Å². The van der Waals surface area contributed by atoms with Gasteiger partial charge in [-0.2, -0.15) is 8.78 Å². The van der Waals surface area contributed by atoms with Gasteiger partial charge in [-0.15, -0.1) is 0 Å². The van der Waals surface area contributed by atoms with E-state index in [1.165, 1.54) is 18.2 Å². The van der Waals surface area contributed by atoms with E-state index in [0.29, 0.717) is 0 Å². The largest absolute Gasteiger partial charge is 0.439 e. The SMILES string of the molecule is O=c1[nH]c(-c2ccccc2OC(F)F)no1. The van der Waals surface area contributed by atoms with Crippen molar-refractivity contribution >= 4 is 0 Å². The van der Waals surface area contributed by atoms with E-state index < -0.39 is 12.4 Å². The first-order chi connectivity index (χ1) is 7.66. The summed E-state index contributed by atoms with van der Waals surface area (Å²) in [6.45, 7) is -2.94. The third-order valence-electron chi connectivity index (χ3n) is 1.80. The van der Waals surface area contributed by atoms with Gasteiger partial charge >= 0.3 is 12.4 Å². The van der Waals surface area contributed by atoms with Crippen molar-refractivity contribution in [1.82, 2.24) is 10.1 Å². The van der Waals surface area contributed by atoms with E-state index in [0.717, 1.165) is 0 Å². The van der Waals surface area contributed by atoms with Gasteiger partial charge in [0.05, 0.1) is 5.56 Å². The highest BCUT2D eigenvalue weighted by Gasteiger charge is 2.13. The van der Waals surface area contributed by atoms with Gasteiger partial charge in [0.2, 0.25) is 0 Å². The smallest absolute Gasteiger partial charge is 0.434 e. The van der Waals surface area contributed by atoms with E-state index in [2.05, 4.69) is 19.4 Å². The Hall–Kier alpha value is -2.18.